The third-order valence-electron chi connectivity index (χ3n) is 6.13. The number of nitrogens with zero attached hydrogens (tertiary/aromatic N) is 6. The third-order valence-corrected chi connectivity index (χ3v) is 6.13. The Kier molecular flexibility index (Phi) is 5.89. The van der Waals surface area contributed by atoms with Crippen molar-refractivity contribution < 1.29 is 9.21 Å². The van der Waals surface area contributed by atoms with Gasteiger partial charge in [-0.2, -0.15) is 0 Å². The lowest BCUT2D eigenvalue weighted by Crippen LogP contribution is -2.33. The average Bonchev–Trinajstić information content (AvgIpc) is 3.33. The lowest BCUT2D eigenvalue weighted by atomic mass is 9.88. The van der Waals surface area contributed by atoms with Gasteiger partial charge in [0.1, 0.15) is 12.0 Å². The largest absolute Gasteiger partial charge is 0.419 e. The van der Waals surface area contributed by atoms with Crippen LogP contribution in [0, 0.1) is 6.92 Å². The van der Waals surface area contributed by atoms with Gasteiger partial charge in [0, 0.05) is 31.0 Å². The molecule has 4 aromatic rings. The van der Waals surface area contributed by atoms with Crippen LogP contribution in [0.2, 0.25) is 0 Å². The van der Waals surface area contributed by atoms with Gasteiger partial charge in [-0.3, -0.25) is 9.78 Å². The molecule has 1 fully saturated rings. The topological polar surface area (TPSA) is 97.9 Å². The molecule has 1 aromatic carbocycles. The molecule has 0 unspecified atom stereocenters. The van der Waals surface area contributed by atoms with Crippen molar-refractivity contribution in [2.24, 2.45) is 0 Å². The van der Waals surface area contributed by atoms with E-state index < -0.39 is 0 Å². The first-order valence-corrected chi connectivity index (χ1v) is 11.1. The van der Waals surface area contributed by atoms with E-state index in [1.165, 1.54) is 5.56 Å². The summed E-state index contributed by atoms with van der Waals surface area (Å²) in [5.74, 6) is 2.22. The number of rotatable bonds is 6. The van der Waals surface area contributed by atoms with Crippen molar-refractivity contribution in [1.29, 1.82) is 0 Å². The zero-order valence-electron chi connectivity index (χ0n) is 18.4. The predicted octanol–water partition coefficient (Wildman–Crippen LogP) is 4.02. The number of benzene rings is 1. The van der Waals surface area contributed by atoms with Gasteiger partial charge in [-0.15, -0.1) is 20.4 Å². The Balaban J connectivity index is 1.21. The number of hydrogen-bond acceptors (Lipinski definition) is 8. The van der Waals surface area contributed by atoms with Crippen molar-refractivity contribution in [3.8, 4) is 11.6 Å². The molecule has 166 valence electrons. The highest BCUT2D eigenvalue weighted by atomic mass is 16.4. The van der Waals surface area contributed by atoms with Crippen LogP contribution < -0.4 is 4.90 Å². The SMILES string of the molecule is Cc1cc(C2CCN(c3ccc(-c4nnc(Cc5cccnc5)o4)nn3)CC2)ccc1C=O. The molecule has 1 aliphatic rings. The van der Waals surface area contributed by atoms with Crippen molar-refractivity contribution in [1.82, 2.24) is 25.4 Å². The second kappa shape index (κ2) is 9.28. The Morgan fingerprint density at radius 3 is 2.64 bits per heavy atom. The van der Waals surface area contributed by atoms with Crippen LogP contribution in [0.1, 0.15) is 51.7 Å². The Bertz CT molecular complexity index is 1230. The molecule has 1 aliphatic heterocycles. The summed E-state index contributed by atoms with van der Waals surface area (Å²) in [6, 6.07) is 13.8. The van der Waals surface area contributed by atoms with E-state index in [1.54, 1.807) is 12.4 Å². The maximum atomic E-state index is 11.1. The van der Waals surface area contributed by atoms with Gasteiger partial charge in [-0.05, 0) is 60.6 Å². The Morgan fingerprint density at radius 2 is 1.94 bits per heavy atom. The molecule has 0 spiro atoms. The molecule has 0 atom stereocenters. The minimum absolute atomic E-state index is 0.362. The number of carbonyl (C=O) groups is 1. The highest BCUT2D eigenvalue weighted by Crippen LogP contribution is 2.31. The first-order valence-electron chi connectivity index (χ1n) is 11.1. The zero-order chi connectivity index (χ0) is 22.6. The van der Waals surface area contributed by atoms with Crippen molar-refractivity contribution in [2.75, 3.05) is 18.0 Å². The van der Waals surface area contributed by atoms with Crippen molar-refractivity contribution in [3.63, 3.8) is 0 Å². The molecular formula is C25H24N6O2. The maximum absolute atomic E-state index is 11.1. The Labute approximate surface area is 191 Å². The minimum atomic E-state index is 0.362. The van der Waals surface area contributed by atoms with Crippen LogP contribution in [0.3, 0.4) is 0 Å². The first-order chi connectivity index (χ1) is 16.2. The molecule has 4 heterocycles. The molecule has 3 aromatic heterocycles. The van der Waals surface area contributed by atoms with Gasteiger partial charge in [0.15, 0.2) is 5.82 Å². The first kappa shape index (κ1) is 20.9. The van der Waals surface area contributed by atoms with Crippen molar-refractivity contribution >= 4 is 12.1 Å². The third kappa shape index (κ3) is 4.64. The van der Waals surface area contributed by atoms with Gasteiger partial charge in [-0.1, -0.05) is 24.3 Å². The number of anilines is 1. The molecule has 8 heteroatoms. The fourth-order valence-electron chi connectivity index (χ4n) is 4.24. The van der Waals surface area contributed by atoms with E-state index in [0.717, 1.165) is 54.7 Å². The highest BCUT2D eigenvalue weighted by molar-refractivity contribution is 5.77. The standard InChI is InChI=1S/C25H24N6O2/c1-17-13-20(4-5-21(17)16-32)19-8-11-31(12-9-19)23-7-6-22(27-28-23)25-30-29-24(33-25)14-18-3-2-10-26-15-18/h2-7,10,13,15-16,19H,8-9,11-12,14H2,1H3. The summed E-state index contributed by atoms with van der Waals surface area (Å²) >= 11 is 0. The van der Waals surface area contributed by atoms with Crippen LogP contribution in [0.15, 0.2) is 59.3 Å². The fraction of sp³-hybridized carbons (Fsp3) is 0.280. The zero-order valence-corrected chi connectivity index (χ0v) is 18.4. The fourth-order valence-corrected chi connectivity index (χ4v) is 4.24. The van der Waals surface area contributed by atoms with Crippen LogP contribution in [0.4, 0.5) is 5.82 Å². The van der Waals surface area contributed by atoms with Crippen LogP contribution in [-0.4, -0.2) is 44.8 Å². The van der Waals surface area contributed by atoms with Crippen LogP contribution in [0.25, 0.3) is 11.6 Å². The second-order valence-corrected chi connectivity index (χ2v) is 8.31. The van der Waals surface area contributed by atoms with Crippen LogP contribution in [0.5, 0.6) is 0 Å². The summed E-state index contributed by atoms with van der Waals surface area (Å²) < 4.78 is 5.76. The number of piperidine rings is 1. The quantitative estimate of drug-likeness (QED) is 0.415. The van der Waals surface area contributed by atoms with E-state index in [2.05, 4.69) is 42.4 Å². The highest BCUT2D eigenvalue weighted by Gasteiger charge is 2.22. The number of aryl methyl sites for hydroxylation is 1. The molecular weight excluding hydrogens is 416 g/mol. The van der Waals surface area contributed by atoms with Crippen LogP contribution in [-0.2, 0) is 6.42 Å². The van der Waals surface area contributed by atoms with Gasteiger partial charge in [-0.25, -0.2) is 0 Å². The van der Waals surface area contributed by atoms with E-state index in [-0.39, 0.29) is 0 Å². The van der Waals surface area contributed by atoms with Crippen molar-refractivity contribution in [3.05, 3.63) is 83.0 Å². The van der Waals surface area contributed by atoms with E-state index in [4.69, 9.17) is 4.42 Å². The number of aromatic nitrogens is 5. The second-order valence-electron chi connectivity index (χ2n) is 8.31. The van der Waals surface area contributed by atoms with Gasteiger partial charge in [0.2, 0.25) is 5.89 Å². The Morgan fingerprint density at radius 1 is 1.06 bits per heavy atom. The smallest absolute Gasteiger partial charge is 0.268 e. The molecule has 0 radical (unpaired) electrons. The molecule has 0 amide bonds. The van der Waals surface area contributed by atoms with Gasteiger partial charge < -0.3 is 9.32 Å². The van der Waals surface area contributed by atoms with Gasteiger partial charge >= 0.3 is 0 Å². The van der Waals surface area contributed by atoms with Gasteiger partial charge in [0.25, 0.3) is 5.89 Å². The van der Waals surface area contributed by atoms with Crippen LogP contribution >= 0.6 is 0 Å². The summed E-state index contributed by atoms with van der Waals surface area (Å²) in [7, 11) is 0. The van der Waals surface area contributed by atoms with E-state index in [1.807, 2.05) is 37.3 Å². The molecule has 1 saturated heterocycles. The lowest BCUT2D eigenvalue weighted by molar-refractivity contribution is 0.112. The van der Waals surface area contributed by atoms with E-state index >= 15 is 0 Å². The number of aldehydes is 1. The molecule has 0 aliphatic carbocycles. The summed E-state index contributed by atoms with van der Waals surface area (Å²) in [6.45, 7) is 3.80. The maximum Gasteiger partial charge on any atom is 0.268 e. The van der Waals surface area contributed by atoms with Gasteiger partial charge in [0.05, 0.1) is 6.42 Å². The molecule has 0 N–H and O–H groups in total. The summed E-state index contributed by atoms with van der Waals surface area (Å²) in [5.41, 5.74) is 4.67. The van der Waals surface area contributed by atoms with E-state index in [0.29, 0.717) is 29.8 Å². The minimum Gasteiger partial charge on any atom is -0.419 e. The number of pyridine rings is 1. The van der Waals surface area contributed by atoms with Crippen molar-refractivity contribution in [2.45, 2.75) is 32.1 Å². The summed E-state index contributed by atoms with van der Waals surface area (Å²) in [6.07, 6.45) is 7.02. The summed E-state index contributed by atoms with van der Waals surface area (Å²) in [5, 5.41) is 16.9. The summed E-state index contributed by atoms with van der Waals surface area (Å²) in [4.78, 5) is 17.4. The lowest BCUT2D eigenvalue weighted by Gasteiger charge is -2.32. The molecule has 8 nitrogen and oxygen atoms in total. The average molecular weight is 441 g/mol. The molecule has 33 heavy (non-hydrogen) atoms. The van der Waals surface area contributed by atoms with E-state index in [9.17, 15) is 4.79 Å². The number of carbonyl (C=O) groups excluding carboxylic acids is 1. The monoisotopic (exact) mass is 440 g/mol. The predicted molar refractivity (Wildman–Crippen MR) is 123 cm³/mol. The molecule has 0 bridgehead atoms. The normalized spacial score (nSPS) is 14.4. The molecule has 5 rings (SSSR count). The molecule has 0 saturated carbocycles. The Hall–Kier alpha value is -3.94. The number of hydrogen-bond donors (Lipinski definition) is 0.